The number of nitrogens with two attached hydrogens (primary N) is 1. The maximum atomic E-state index is 6.02. The number of piperidine rings is 1. The molecular weight excluding hydrogens is 258 g/mol. The Morgan fingerprint density at radius 1 is 1.00 bits per heavy atom. The molecule has 116 valence electrons. The Morgan fingerprint density at radius 3 is 2.43 bits per heavy atom. The maximum absolute atomic E-state index is 6.02. The summed E-state index contributed by atoms with van der Waals surface area (Å²) < 4.78 is 0. The molecule has 1 aliphatic carbocycles. The lowest BCUT2D eigenvalue weighted by Gasteiger charge is -2.36. The molecule has 0 atom stereocenters. The van der Waals surface area contributed by atoms with Gasteiger partial charge in [-0.15, -0.1) is 0 Å². The third kappa shape index (κ3) is 4.13. The summed E-state index contributed by atoms with van der Waals surface area (Å²) in [6.07, 6.45) is 9.76. The molecular formula is C18H29N3. The molecule has 1 aliphatic heterocycles. The minimum Gasteiger partial charge on any atom is -0.397 e. The van der Waals surface area contributed by atoms with Crippen LogP contribution in [0.15, 0.2) is 24.3 Å². The van der Waals surface area contributed by atoms with Crippen LogP contribution in [0.5, 0.6) is 0 Å². The normalized spacial score (nSPS) is 22.3. The number of hydrogen-bond acceptors (Lipinski definition) is 3. The molecule has 0 aromatic heterocycles. The Bertz CT molecular complexity index is 432. The second kappa shape index (κ2) is 7.17. The number of nitrogen functional groups attached to an aromatic ring is 1. The molecule has 3 heteroatoms. The standard InChI is InChI=1S/C18H29N3/c19-17-8-4-5-9-18(17)20-16-10-12-21(13-11-16)14-15-6-2-1-3-7-15/h4-5,8-9,15-16,20H,1-3,6-7,10-14,19H2. The van der Waals surface area contributed by atoms with Gasteiger partial charge in [-0.25, -0.2) is 0 Å². The van der Waals surface area contributed by atoms with Gasteiger partial charge in [0.05, 0.1) is 11.4 Å². The Hall–Kier alpha value is -1.22. The summed E-state index contributed by atoms with van der Waals surface area (Å²) in [4.78, 5) is 2.68. The van der Waals surface area contributed by atoms with Crippen LogP contribution in [0.2, 0.25) is 0 Å². The van der Waals surface area contributed by atoms with E-state index in [0.717, 1.165) is 17.3 Å². The van der Waals surface area contributed by atoms with Crippen molar-refractivity contribution in [3.63, 3.8) is 0 Å². The van der Waals surface area contributed by atoms with Gasteiger partial charge in [-0.1, -0.05) is 31.4 Å². The fraction of sp³-hybridized carbons (Fsp3) is 0.667. The predicted molar refractivity (Wildman–Crippen MR) is 90.5 cm³/mol. The predicted octanol–water partition coefficient (Wildman–Crippen LogP) is 3.73. The highest BCUT2D eigenvalue weighted by Crippen LogP contribution is 2.26. The third-order valence-corrected chi connectivity index (χ3v) is 5.15. The van der Waals surface area contributed by atoms with E-state index in [9.17, 15) is 0 Å². The first kappa shape index (κ1) is 14.7. The fourth-order valence-electron chi connectivity index (χ4n) is 3.84. The largest absolute Gasteiger partial charge is 0.397 e. The summed E-state index contributed by atoms with van der Waals surface area (Å²) in [5.74, 6) is 0.966. The quantitative estimate of drug-likeness (QED) is 0.829. The molecule has 1 heterocycles. The molecule has 0 amide bonds. The van der Waals surface area contributed by atoms with Crippen molar-refractivity contribution in [3.05, 3.63) is 24.3 Å². The number of benzene rings is 1. The Morgan fingerprint density at radius 2 is 1.71 bits per heavy atom. The van der Waals surface area contributed by atoms with Gasteiger partial charge in [0.25, 0.3) is 0 Å². The van der Waals surface area contributed by atoms with Gasteiger partial charge in [-0.05, 0) is 43.7 Å². The van der Waals surface area contributed by atoms with Crippen LogP contribution < -0.4 is 11.1 Å². The Kier molecular flexibility index (Phi) is 5.02. The fourth-order valence-corrected chi connectivity index (χ4v) is 3.84. The van der Waals surface area contributed by atoms with Crippen LogP contribution in [-0.2, 0) is 0 Å². The number of nitrogens with one attached hydrogen (secondary N) is 1. The van der Waals surface area contributed by atoms with E-state index < -0.39 is 0 Å². The van der Waals surface area contributed by atoms with Crippen LogP contribution in [-0.4, -0.2) is 30.6 Å². The molecule has 3 N–H and O–H groups in total. The number of likely N-dealkylation sites (tertiary alicyclic amines) is 1. The van der Waals surface area contributed by atoms with Crippen LogP contribution in [0.4, 0.5) is 11.4 Å². The van der Waals surface area contributed by atoms with E-state index in [1.165, 1.54) is 64.6 Å². The van der Waals surface area contributed by atoms with Crippen molar-refractivity contribution in [2.75, 3.05) is 30.7 Å². The minimum absolute atomic E-state index is 0.581. The Balaban J connectivity index is 1.43. The van der Waals surface area contributed by atoms with Crippen LogP contribution >= 0.6 is 0 Å². The van der Waals surface area contributed by atoms with Crippen molar-refractivity contribution in [2.24, 2.45) is 5.92 Å². The lowest BCUT2D eigenvalue weighted by atomic mass is 9.88. The summed E-state index contributed by atoms with van der Waals surface area (Å²) in [6, 6.07) is 8.69. The average Bonchev–Trinajstić information content (AvgIpc) is 2.52. The van der Waals surface area contributed by atoms with Gasteiger partial charge in [-0.3, -0.25) is 0 Å². The number of nitrogens with zero attached hydrogens (tertiary/aromatic N) is 1. The van der Waals surface area contributed by atoms with Gasteiger partial charge >= 0.3 is 0 Å². The minimum atomic E-state index is 0.581. The van der Waals surface area contributed by atoms with Gasteiger partial charge in [0, 0.05) is 25.7 Å². The highest BCUT2D eigenvalue weighted by atomic mass is 15.1. The zero-order valence-corrected chi connectivity index (χ0v) is 13.1. The van der Waals surface area contributed by atoms with Crippen molar-refractivity contribution in [3.8, 4) is 0 Å². The monoisotopic (exact) mass is 287 g/mol. The number of rotatable bonds is 4. The van der Waals surface area contributed by atoms with Gasteiger partial charge in [0.15, 0.2) is 0 Å². The molecule has 1 aromatic rings. The molecule has 3 nitrogen and oxygen atoms in total. The molecule has 1 saturated carbocycles. The number of hydrogen-bond donors (Lipinski definition) is 2. The molecule has 0 unspecified atom stereocenters. The molecule has 0 bridgehead atoms. The van der Waals surface area contributed by atoms with Crippen molar-refractivity contribution >= 4 is 11.4 Å². The average molecular weight is 287 g/mol. The van der Waals surface area contributed by atoms with Gasteiger partial charge < -0.3 is 16.0 Å². The van der Waals surface area contributed by atoms with E-state index in [1.807, 2.05) is 12.1 Å². The van der Waals surface area contributed by atoms with E-state index in [2.05, 4.69) is 22.3 Å². The molecule has 1 saturated heterocycles. The van der Waals surface area contributed by atoms with E-state index in [1.54, 1.807) is 0 Å². The molecule has 2 fully saturated rings. The third-order valence-electron chi connectivity index (χ3n) is 5.15. The zero-order chi connectivity index (χ0) is 14.5. The summed E-state index contributed by atoms with van der Waals surface area (Å²) in [6.45, 7) is 3.81. The van der Waals surface area contributed by atoms with Crippen molar-refractivity contribution in [2.45, 2.75) is 51.0 Å². The van der Waals surface area contributed by atoms with Crippen LogP contribution in [0.25, 0.3) is 0 Å². The topological polar surface area (TPSA) is 41.3 Å². The van der Waals surface area contributed by atoms with Crippen LogP contribution in [0.3, 0.4) is 0 Å². The van der Waals surface area contributed by atoms with E-state index in [0.29, 0.717) is 6.04 Å². The lowest BCUT2D eigenvalue weighted by Crippen LogP contribution is -2.41. The van der Waals surface area contributed by atoms with Gasteiger partial charge in [-0.2, -0.15) is 0 Å². The van der Waals surface area contributed by atoms with Crippen molar-refractivity contribution < 1.29 is 0 Å². The van der Waals surface area contributed by atoms with Gasteiger partial charge in [0.1, 0.15) is 0 Å². The van der Waals surface area contributed by atoms with E-state index in [-0.39, 0.29) is 0 Å². The first-order valence-corrected chi connectivity index (χ1v) is 8.64. The molecule has 0 radical (unpaired) electrons. The lowest BCUT2D eigenvalue weighted by molar-refractivity contribution is 0.168. The van der Waals surface area contributed by atoms with E-state index >= 15 is 0 Å². The molecule has 0 spiro atoms. The van der Waals surface area contributed by atoms with E-state index in [4.69, 9.17) is 5.73 Å². The Labute approximate surface area is 128 Å². The zero-order valence-electron chi connectivity index (χ0n) is 13.1. The number of anilines is 2. The summed E-state index contributed by atoms with van der Waals surface area (Å²) in [5.41, 5.74) is 7.98. The SMILES string of the molecule is Nc1ccccc1NC1CCN(CC2CCCCC2)CC1. The summed E-state index contributed by atoms with van der Waals surface area (Å²) in [7, 11) is 0. The molecule has 1 aromatic carbocycles. The first-order chi connectivity index (χ1) is 10.3. The second-order valence-electron chi connectivity index (χ2n) is 6.81. The number of para-hydroxylation sites is 2. The molecule has 3 rings (SSSR count). The van der Waals surface area contributed by atoms with Crippen molar-refractivity contribution in [1.82, 2.24) is 4.90 Å². The van der Waals surface area contributed by atoms with Gasteiger partial charge in [0.2, 0.25) is 0 Å². The van der Waals surface area contributed by atoms with Crippen molar-refractivity contribution in [1.29, 1.82) is 0 Å². The smallest absolute Gasteiger partial charge is 0.0576 e. The van der Waals surface area contributed by atoms with Crippen LogP contribution in [0.1, 0.15) is 44.9 Å². The first-order valence-electron chi connectivity index (χ1n) is 8.64. The molecule has 2 aliphatic rings. The highest BCUT2D eigenvalue weighted by molar-refractivity contribution is 5.65. The summed E-state index contributed by atoms with van der Waals surface area (Å²) >= 11 is 0. The highest BCUT2D eigenvalue weighted by Gasteiger charge is 2.22. The maximum Gasteiger partial charge on any atom is 0.0576 e. The molecule has 21 heavy (non-hydrogen) atoms. The second-order valence-corrected chi connectivity index (χ2v) is 6.81. The van der Waals surface area contributed by atoms with Crippen LogP contribution in [0, 0.1) is 5.92 Å². The summed E-state index contributed by atoms with van der Waals surface area (Å²) in [5, 5.41) is 3.62.